The molecule has 0 amide bonds. The average Bonchev–Trinajstić information content (AvgIpc) is 2.77. The van der Waals surface area contributed by atoms with E-state index >= 15 is 0 Å². The Morgan fingerprint density at radius 2 is 1.57 bits per heavy atom. The Labute approximate surface area is 121 Å². The van der Waals surface area contributed by atoms with Crippen LogP contribution in [0.5, 0.6) is 0 Å². The van der Waals surface area contributed by atoms with Crippen LogP contribution in [0.2, 0.25) is 0 Å². The van der Waals surface area contributed by atoms with Crippen molar-refractivity contribution in [3.63, 3.8) is 0 Å². The molecule has 1 aromatic carbocycles. The highest BCUT2D eigenvalue weighted by Crippen LogP contribution is 2.20. The first-order valence-corrected chi connectivity index (χ1v) is 8.94. The van der Waals surface area contributed by atoms with Crippen LogP contribution < -0.4 is 15.2 Å². The van der Waals surface area contributed by atoms with E-state index in [0.29, 0.717) is 5.69 Å². The van der Waals surface area contributed by atoms with E-state index in [1.54, 1.807) is 0 Å². The van der Waals surface area contributed by atoms with Gasteiger partial charge in [-0.05, 0) is 24.3 Å². The lowest BCUT2D eigenvalue weighted by atomic mass is 10.3. The Hall–Kier alpha value is -2.27. The summed E-state index contributed by atoms with van der Waals surface area (Å²) in [5, 5.41) is 5.87. The Kier molecular flexibility index (Phi) is 3.78. The molecule has 1 heterocycles. The number of aromatic amines is 1. The molecule has 0 saturated heterocycles. The lowest BCUT2D eigenvalue weighted by Crippen LogP contribution is -2.14. The third-order valence-corrected chi connectivity index (χ3v) is 4.38. The van der Waals surface area contributed by atoms with Crippen molar-refractivity contribution >= 4 is 37.2 Å². The molecule has 0 saturated carbocycles. The van der Waals surface area contributed by atoms with Crippen molar-refractivity contribution in [2.75, 3.05) is 21.4 Å². The second kappa shape index (κ2) is 5.26. The minimum atomic E-state index is -3.86. The van der Waals surface area contributed by atoms with Gasteiger partial charge in [-0.25, -0.2) is 16.8 Å². The maximum Gasteiger partial charge on any atom is 0.267 e. The highest BCUT2D eigenvalue weighted by atomic mass is 32.2. The number of nitrogens with two attached hydrogens (primary N) is 1. The Morgan fingerprint density at radius 1 is 1.05 bits per heavy atom. The molecule has 0 atom stereocenters. The zero-order chi connectivity index (χ0) is 15.7. The van der Waals surface area contributed by atoms with E-state index in [4.69, 9.17) is 5.73 Å². The molecule has 0 unspecified atom stereocenters. The smallest absolute Gasteiger partial charge is 0.267 e. The van der Waals surface area contributed by atoms with E-state index in [0.717, 1.165) is 12.5 Å². The third kappa shape index (κ3) is 3.86. The predicted molar refractivity (Wildman–Crippen MR) is 78.7 cm³/mol. The quantitative estimate of drug-likeness (QED) is 0.614. The van der Waals surface area contributed by atoms with Crippen LogP contribution in [0, 0.1) is 0 Å². The Bertz CT molecular complexity index is 840. The van der Waals surface area contributed by atoms with Gasteiger partial charge in [0.15, 0.2) is 0 Å². The highest BCUT2D eigenvalue weighted by Gasteiger charge is 2.19. The molecule has 0 aliphatic carbocycles. The number of H-pyrrole nitrogens is 1. The first-order chi connectivity index (χ1) is 9.67. The molecule has 0 aliphatic rings. The number of rotatable bonds is 5. The van der Waals surface area contributed by atoms with Gasteiger partial charge in [0.2, 0.25) is 10.0 Å². The zero-order valence-electron chi connectivity index (χ0n) is 10.9. The van der Waals surface area contributed by atoms with Gasteiger partial charge in [0.1, 0.15) is 10.7 Å². The normalized spacial score (nSPS) is 12.0. The molecule has 21 heavy (non-hydrogen) atoms. The largest absolute Gasteiger partial charge is 0.383 e. The summed E-state index contributed by atoms with van der Waals surface area (Å²) < 4.78 is 50.8. The summed E-state index contributed by atoms with van der Waals surface area (Å²) in [7, 11) is -7.24. The highest BCUT2D eigenvalue weighted by molar-refractivity contribution is 7.93. The van der Waals surface area contributed by atoms with Gasteiger partial charge in [-0.15, -0.1) is 0 Å². The molecule has 1 aromatic heterocycles. The number of aromatic nitrogens is 2. The van der Waals surface area contributed by atoms with Crippen molar-refractivity contribution in [1.29, 1.82) is 0 Å². The van der Waals surface area contributed by atoms with Gasteiger partial charge >= 0.3 is 0 Å². The number of hydrogen-bond acceptors (Lipinski definition) is 6. The second-order valence-electron chi connectivity index (χ2n) is 4.21. The molecule has 0 radical (unpaired) electrons. The second-order valence-corrected chi connectivity index (χ2v) is 7.60. The number of nitrogens with one attached hydrogen (secondary N) is 3. The lowest BCUT2D eigenvalue weighted by molar-refractivity contribution is 0.601. The summed E-state index contributed by atoms with van der Waals surface area (Å²) in [6.07, 6.45) is 2.11. The van der Waals surface area contributed by atoms with Crippen molar-refractivity contribution in [3.05, 3.63) is 30.5 Å². The van der Waals surface area contributed by atoms with Gasteiger partial charge in [-0.1, -0.05) is 0 Å². The first-order valence-electron chi connectivity index (χ1n) is 5.57. The molecule has 5 N–H and O–H groups in total. The molecule has 2 aromatic rings. The zero-order valence-corrected chi connectivity index (χ0v) is 12.5. The lowest BCUT2D eigenvalue weighted by Gasteiger charge is -2.08. The van der Waals surface area contributed by atoms with Crippen LogP contribution in [0.15, 0.2) is 35.4 Å². The number of anilines is 3. The summed E-state index contributed by atoms with van der Waals surface area (Å²) in [5.41, 5.74) is 6.04. The molecule has 11 heteroatoms. The molecule has 9 nitrogen and oxygen atoms in total. The van der Waals surface area contributed by atoms with Gasteiger partial charge in [-0.3, -0.25) is 14.5 Å². The van der Waals surface area contributed by atoms with Gasteiger partial charge in [0.05, 0.1) is 12.5 Å². The SMILES string of the molecule is CS(=O)(=O)Nc1ccc(NS(=O)(=O)c2cn[nH]c2N)cc1. The van der Waals surface area contributed by atoms with E-state index in [2.05, 4.69) is 19.6 Å². The number of nitrogen functional groups attached to an aromatic ring is 1. The number of sulfonamides is 2. The van der Waals surface area contributed by atoms with Crippen LogP contribution in [0.25, 0.3) is 0 Å². The molecular weight excluding hydrogens is 318 g/mol. The summed E-state index contributed by atoms with van der Waals surface area (Å²) in [6.45, 7) is 0. The van der Waals surface area contributed by atoms with Crippen LogP contribution in [-0.4, -0.2) is 33.3 Å². The average molecular weight is 331 g/mol. The fourth-order valence-corrected chi connectivity index (χ4v) is 3.18. The monoisotopic (exact) mass is 331 g/mol. The standard InChI is InChI=1S/C10H13N5O4S2/c1-20(16,17)14-7-2-4-8(5-3-7)15-21(18,19)9-6-12-13-10(9)11/h2-6,14-15H,1H3,(H3,11,12,13). The molecule has 0 aliphatic heterocycles. The first kappa shape index (κ1) is 15.1. The van der Waals surface area contributed by atoms with Crippen molar-refractivity contribution in [1.82, 2.24) is 10.2 Å². The third-order valence-electron chi connectivity index (χ3n) is 2.36. The van der Waals surface area contributed by atoms with E-state index in [-0.39, 0.29) is 16.4 Å². The van der Waals surface area contributed by atoms with Gasteiger partial charge in [-0.2, -0.15) is 5.10 Å². The van der Waals surface area contributed by atoms with Gasteiger partial charge in [0, 0.05) is 11.4 Å². The molecule has 0 spiro atoms. The van der Waals surface area contributed by atoms with Crippen LogP contribution >= 0.6 is 0 Å². The number of benzene rings is 1. The van der Waals surface area contributed by atoms with Gasteiger partial charge in [0.25, 0.3) is 10.0 Å². The Balaban J connectivity index is 2.19. The topological polar surface area (TPSA) is 147 Å². The molecular formula is C10H13N5O4S2. The fourth-order valence-electron chi connectivity index (χ4n) is 1.53. The fraction of sp³-hybridized carbons (Fsp3) is 0.100. The van der Waals surface area contributed by atoms with Crippen molar-refractivity contribution < 1.29 is 16.8 Å². The van der Waals surface area contributed by atoms with E-state index < -0.39 is 20.0 Å². The maximum absolute atomic E-state index is 12.0. The van der Waals surface area contributed by atoms with Crippen LogP contribution in [0.3, 0.4) is 0 Å². The summed E-state index contributed by atoms with van der Waals surface area (Å²) in [4.78, 5) is -0.166. The van der Waals surface area contributed by atoms with E-state index in [9.17, 15) is 16.8 Å². The van der Waals surface area contributed by atoms with Crippen LogP contribution in [0.1, 0.15) is 0 Å². The van der Waals surface area contributed by atoms with Crippen LogP contribution in [0.4, 0.5) is 17.2 Å². The minimum absolute atomic E-state index is 0.0714. The molecule has 114 valence electrons. The van der Waals surface area contributed by atoms with E-state index in [1.165, 1.54) is 24.3 Å². The molecule has 2 rings (SSSR count). The summed E-state index contributed by atoms with van der Waals surface area (Å²) in [5.74, 6) is -0.0714. The number of hydrogen-bond donors (Lipinski definition) is 4. The van der Waals surface area contributed by atoms with Crippen molar-refractivity contribution in [2.45, 2.75) is 4.90 Å². The maximum atomic E-state index is 12.0. The van der Waals surface area contributed by atoms with Crippen LogP contribution in [-0.2, 0) is 20.0 Å². The Morgan fingerprint density at radius 3 is 2.00 bits per heavy atom. The van der Waals surface area contributed by atoms with Crippen molar-refractivity contribution in [3.8, 4) is 0 Å². The van der Waals surface area contributed by atoms with Crippen molar-refractivity contribution in [2.24, 2.45) is 0 Å². The summed E-state index contributed by atoms with van der Waals surface area (Å²) in [6, 6.07) is 5.69. The van der Waals surface area contributed by atoms with E-state index in [1.807, 2.05) is 0 Å². The molecule has 0 bridgehead atoms. The number of nitrogens with zero attached hydrogens (tertiary/aromatic N) is 1. The van der Waals surface area contributed by atoms with Gasteiger partial charge < -0.3 is 5.73 Å². The minimum Gasteiger partial charge on any atom is -0.383 e. The summed E-state index contributed by atoms with van der Waals surface area (Å²) >= 11 is 0. The molecule has 0 fully saturated rings. The predicted octanol–water partition coefficient (Wildman–Crippen LogP) is 0.164.